The number of hydrogen-bond acceptors (Lipinski definition) is 2. The Bertz CT molecular complexity index is 233. The zero-order valence-corrected chi connectivity index (χ0v) is 10.7. The summed E-state index contributed by atoms with van der Waals surface area (Å²) in [7, 11) is 0. The van der Waals surface area contributed by atoms with Gasteiger partial charge in [0.05, 0.1) is 11.7 Å². The highest BCUT2D eigenvalue weighted by molar-refractivity contribution is 4.95. The number of hydrogen-bond donors (Lipinski definition) is 2. The van der Waals surface area contributed by atoms with Gasteiger partial charge in [0.2, 0.25) is 0 Å². The Labute approximate surface area is 99.1 Å². The largest absolute Gasteiger partial charge is 0.390 e. The van der Waals surface area contributed by atoms with E-state index in [-0.39, 0.29) is 0 Å². The molecule has 0 amide bonds. The molecule has 0 heterocycles. The lowest BCUT2D eigenvalue weighted by molar-refractivity contribution is -0.107. The molecule has 0 aromatic rings. The summed E-state index contributed by atoms with van der Waals surface area (Å²) in [5.74, 6) is 1.80. The van der Waals surface area contributed by atoms with Crippen LogP contribution in [0.25, 0.3) is 0 Å². The third kappa shape index (κ3) is 2.28. The van der Waals surface area contributed by atoms with E-state index in [9.17, 15) is 10.2 Å². The van der Waals surface area contributed by atoms with Gasteiger partial charge < -0.3 is 10.2 Å². The molecule has 0 bridgehead atoms. The van der Waals surface area contributed by atoms with Gasteiger partial charge in [-0.05, 0) is 43.4 Å². The van der Waals surface area contributed by atoms with Crippen LogP contribution in [0.15, 0.2) is 0 Å². The lowest BCUT2D eigenvalue weighted by Crippen LogP contribution is -2.46. The van der Waals surface area contributed by atoms with Crippen molar-refractivity contribution >= 4 is 0 Å². The molecule has 2 aliphatic rings. The Morgan fingerprint density at radius 1 is 1.06 bits per heavy atom. The highest BCUT2D eigenvalue weighted by Crippen LogP contribution is 2.42. The fourth-order valence-corrected chi connectivity index (χ4v) is 3.60. The van der Waals surface area contributed by atoms with Crippen LogP contribution in [-0.4, -0.2) is 21.9 Å². The van der Waals surface area contributed by atoms with Gasteiger partial charge in [-0.25, -0.2) is 0 Å². The van der Waals surface area contributed by atoms with Gasteiger partial charge in [0, 0.05) is 0 Å². The summed E-state index contributed by atoms with van der Waals surface area (Å²) in [4.78, 5) is 0. The fraction of sp³-hybridized carbons (Fsp3) is 1.00. The van der Waals surface area contributed by atoms with E-state index < -0.39 is 11.7 Å². The van der Waals surface area contributed by atoms with E-state index in [0.29, 0.717) is 11.8 Å². The lowest BCUT2D eigenvalue weighted by Gasteiger charge is -2.40. The molecular weight excluding hydrogens is 200 g/mol. The SMILES string of the molecule is CC1CCC(C(O)C2(O)CCCC2)CC1C. The third-order valence-corrected chi connectivity index (χ3v) is 5.11. The summed E-state index contributed by atoms with van der Waals surface area (Å²) in [6, 6.07) is 0. The number of aliphatic hydroxyl groups excluding tert-OH is 1. The highest BCUT2D eigenvalue weighted by Gasteiger charge is 2.43. The first-order chi connectivity index (χ1) is 7.53. The van der Waals surface area contributed by atoms with Crippen LogP contribution < -0.4 is 0 Å². The fourth-order valence-electron chi connectivity index (χ4n) is 3.60. The van der Waals surface area contributed by atoms with Gasteiger partial charge in [0.15, 0.2) is 0 Å². The van der Waals surface area contributed by atoms with Crippen LogP contribution in [0.5, 0.6) is 0 Å². The van der Waals surface area contributed by atoms with E-state index in [1.165, 1.54) is 6.42 Å². The molecular formula is C14H26O2. The van der Waals surface area contributed by atoms with Crippen molar-refractivity contribution in [3.63, 3.8) is 0 Å². The Morgan fingerprint density at radius 3 is 2.25 bits per heavy atom. The number of rotatable bonds is 2. The minimum atomic E-state index is -0.759. The summed E-state index contributed by atoms with van der Waals surface area (Å²) in [6.07, 6.45) is 6.66. The zero-order valence-electron chi connectivity index (χ0n) is 10.7. The van der Waals surface area contributed by atoms with Gasteiger partial charge in [-0.15, -0.1) is 0 Å². The Morgan fingerprint density at radius 2 is 1.69 bits per heavy atom. The maximum absolute atomic E-state index is 10.4. The van der Waals surface area contributed by atoms with Crippen molar-refractivity contribution in [3.8, 4) is 0 Å². The van der Waals surface area contributed by atoms with Crippen LogP contribution >= 0.6 is 0 Å². The third-order valence-electron chi connectivity index (χ3n) is 5.11. The van der Waals surface area contributed by atoms with Gasteiger partial charge >= 0.3 is 0 Å². The average Bonchev–Trinajstić information content (AvgIpc) is 2.70. The van der Waals surface area contributed by atoms with Crippen molar-refractivity contribution in [2.75, 3.05) is 0 Å². The standard InChI is InChI=1S/C14H26O2/c1-10-5-6-12(9-11(10)2)13(15)14(16)7-3-4-8-14/h10-13,15-16H,3-9H2,1-2H3. The van der Waals surface area contributed by atoms with Crippen molar-refractivity contribution in [2.45, 2.75) is 70.5 Å². The first-order valence-corrected chi connectivity index (χ1v) is 6.93. The number of aliphatic hydroxyl groups is 2. The molecule has 0 aromatic carbocycles. The molecule has 94 valence electrons. The summed E-state index contributed by atoms with van der Waals surface area (Å²) < 4.78 is 0. The quantitative estimate of drug-likeness (QED) is 0.760. The van der Waals surface area contributed by atoms with Crippen LogP contribution in [0.2, 0.25) is 0 Å². The van der Waals surface area contributed by atoms with E-state index >= 15 is 0 Å². The molecule has 0 aromatic heterocycles. The van der Waals surface area contributed by atoms with Crippen molar-refractivity contribution in [2.24, 2.45) is 17.8 Å². The second-order valence-corrected chi connectivity index (χ2v) is 6.28. The lowest BCUT2D eigenvalue weighted by atomic mass is 9.70. The van der Waals surface area contributed by atoms with E-state index in [2.05, 4.69) is 13.8 Å². The summed E-state index contributed by atoms with van der Waals surface area (Å²) in [5, 5.41) is 20.8. The summed E-state index contributed by atoms with van der Waals surface area (Å²) in [5.41, 5.74) is -0.759. The first-order valence-electron chi connectivity index (χ1n) is 6.93. The average molecular weight is 226 g/mol. The molecule has 0 saturated heterocycles. The van der Waals surface area contributed by atoms with E-state index in [1.54, 1.807) is 0 Å². The van der Waals surface area contributed by atoms with Crippen molar-refractivity contribution in [3.05, 3.63) is 0 Å². The van der Waals surface area contributed by atoms with Gasteiger partial charge in [-0.1, -0.05) is 33.1 Å². The molecule has 4 atom stereocenters. The van der Waals surface area contributed by atoms with Crippen molar-refractivity contribution in [1.82, 2.24) is 0 Å². The van der Waals surface area contributed by atoms with Crippen molar-refractivity contribution in [1.29, 1.82) is 0 Å². The molecule has 2 saturated carbocycles. The molecule has 4 unspecified atom stereocenters. The molecule has 2 aliphatic carbocycles. The van der Waals surface area contributed by atoms with Crippen molar-refractivity contribution < 1.29 is 10.2 Å². The molecule has 2 N–H and O–H groups in total. The minimum Gasteiger partial charge on any atom is -0.390 e. The Balaban J connectivity index is 1.97. The molecule has 2 fully saturated rings. The van der Waals surface area contributed by atoms with Crippen LogP contribution in [0.4, 0.5) is 0 Å². The Hall–Kier alpha value is -0.0800. The van der Waals surface area contributed by atoms with Gasteiger partial charge in [-0.3, -0.25) is 0 Å². The van der Waals surface area contributed by atoms with Crippen LogP contribution in [0.1, 0.15) is 58.8 Å². The topological polar surface area (TPSA) is 40.5 Å². The van der Waals surface area contributed by atoms with Gasteiger partial charge in [-0.2, -0.15) is 0 Å². The molecule has 0 aliphatic heterocycles. The van der Waals surface area contributed by atoms with Crippen LogP contribution in [-0.2, 0) is 0 Å². The monoisotopic (exact) mass is 226 g/mol. The second-order valence-electron chi connectivity index (χ2n) is 6.28. The van der Waals surface area contributed by atoms with Crippen LogP contribution in [0.3, 0.4) is 0 Å². The zero-order chi connectivity index (χ0) is 11.8. The molecule has 2 heteroatoms. The Kier molecular flexibility index (Phi) is 3.60. The van der Waals surface area contributed by atoms with Gasteiger partial charge in [0.1, 0.15) is 0 Å². The predicted molar refractivity (Wildman–Crippen MR) is 65.1 cm³/mol. The van der Waals surface area contributed by atoms with Gasteiger partial charge in [0.25, 0.3) is 0 Å². The highest BCUT2D eigenvalue weighted by atomic mass is 16.3. The molecule has 16 heavy (non-hydrogen) atoms. The smallest absolute Gasteiger partial charge is 0.0908 e. The minimum absolute atomic E-state index is 0.328. The predicted octanol–water partition coefficient (Wildman–Crippen LogP) is 2.72. The van der Waals surface area contributed by atoms with E-state index in [1.807, 2.05) is 0 Å². The summed E-state index contributed by atoms with van der Waals surface area (Å²) >= 11 is 0. The van der Waals surface area contributed by atoms with E-state index in [4.69, 9.17) is 0 Å². The molecule has 0 radical (unpaired) electrons. The maximum Gasteiger partial charge on any atom is 0.0908 e. The first kappa shape index (κ1) is 12.4. The molecule has 2 nitrogen and oxygen atoms in total. The van der Waals surface area contributed by atoms with Crippen LogP contribution in [0, 0.1) is 17.8 Å². The molecule has 2 rings (SSSR count). The molecule has 0 spiro atoms. The normalized spacial score (nSPS) is 40.9. The summed E-state index contributed by atoms with van der Waals surface area (Å²) in [6.45, 7) is 4.58. The second kappa shape index (κ2) is 4.66. The van der Waals surface area contributed by atoms with E-state index in [0.717, 1.165) is 44.4 Å². The maximum atomic E-state index is 10.4.